The fourth-order valence-corrected chi connectivity index (χ4v) is 3.51. The van der Waals surface area contributed by atoms with E-state index in [0.29, 0.717) is 0 Å². The monoisotopic (exact) mass is 298 g/mol. The van der Waals surface area contributed by atoms with Crippen LogP contribution in [0, 0.1) is 20.8 Å². The second-order valence-electron chi connectivity index (χ2n) is 4.71. The quantitative estimate of drug-likeness (QED) is 0.624. The van der Waals surface area contributed by atoms with Crippen molar-refractivity contribution in [3.05, 3.63) is 55.7 Å². The summed E-state index contributed by atoms with van der Waals surface area (Å²) < 4.78 is 0.844. The lowest BCUT2D eigenvalue weighted by Crippen LogP contribution is -1.96. The number of hydrogen-bond donors (Lipinski definition) is 0. The van der Waals surface area contributed by atoms with E-state index in [4.69, 9.17) is 23.2 Å². The zero-order chi connectivity index (χ0) is 13.3. The molecule has 96 valence electrons. The third kappa shape index (κ3) is 3.09. The minimum Gasteiger partial charge on any atom is -0.127 e. The van der Waals surface area contributed by atoms with Gasteiger partial charge in [0.15, 0.2) is 0 Å². The van der Waals surface area contributed by atoms with E-state index in [9.17, 15) is 0 Å². The van der Waals surface area contributed by atoms with E-state index in [1.54, 1.807) is 11.3 Å². The van der Waals surface area contributed by atoms with Gasteiger partial charge in [0.2, 0.25) is 0 Å². The van der Waals surface area contributed by atoms with Gasteiger partial charge in [-0.05, 0) is 49.9 Å². The first-order valence-corrected chi connectivity index (χ1v) is 7.56. The average molecular weight is 299 g/mol. The minimum absolute atomic E-state index is 0.00157. The molecule has 0 fully saturated rings. The summed E-state index contributed by atoms with van der Waals surface area (Å²) in [6.45, 7) is 6.26. The van der Waals surface area contributed by atoms with Crippen LogP contribution in [0.15, 0.2) is 24.3 Å². The van der Waals surface area contributed by atoms with Gasteiger partial charge in [0, 0.05) is 4.88 Å². The van der Waals surface area contributed by atoms with E-state index < -0.39 is 0 Å². The summed E-state index contributed by atoms with van der Waals surface area (Å²) >= 11 is 14.2. The highest BCUT2D eigenvalue weighted by atomic mass is 35.5. The van der Waals surface area contributed by atoms with Gasteiger partial charge < -0.3 is 0 Å². The summed E-state index contributed by atoms with van der Waals surface area (Å²) in [6.07, 6.45) is 0.853. The maximum atomic E-state index is 6.50. The van der Waals surface area contributed by atoms with Crippen LogP contribution < -0.4 is 0 Å². The molecule has 3 heteroatoms. The van der Waals surface area contributed by atoms with E-state index in [0.717, 1.165) is 21.2 Å². The molecule has 0 aliphatic rings. The number of rotatable bonds is 3. The van der Waals surface area contributed by atoms with Gasteiger partial charge in [0.25, 0.3) is 0 Å². The number of aryl methyl sites for hydroxylation is 3. The summed E-state index contributed by atoms with van der Waals surface area (Å²) in [5, 5.41) is 0.00157. The Hall–Kier alpha value is -0.500. The van der Waals surface area contributed by atoms with E-state index in [2.05, 4.69) is 38.1 Å². The molecule has 1 heterocycles. The van der Waals surface area contributed by atoms with Gasteiger partial charge in [0.1, 0.15) is 0 Å². The van der Waals surface area contributed by atoms with Gasteiger partial charge in [-0.3, -0.25) is 0 Å². The van der Waals surface area contributed by atoms with Crippen molar-refractivity contribution in [2.24, 2.45) is 0 Å². The van der Waals surface area contributed by atoms with E-state index >= 15 is 0 Å². The summed E-state index contributed by atoms with van der Waals surface area (Å²) in [5.41, 5.74) is 5.01. The normalized spacial score (nSPS) is 12.7. The van der Waals surface area contributed by atoms with Crippen LogP contribution in [-0.4, -0.2) is 0 Å². The predicted molar refractivity (Wildman–Crippen MR) is 82.3 cm³/mol. The first-order chi connectivity index (χ1) is 8.47. The highest BCUT2D eigenvalue weighted by Crippen LogP contribution is 2.36. The first kappa shape index (κ1) is 13.9. The van der Waals surface area contributed by atoms with Crippen molar-refractivity contribution in [1.29, 1.82) is 0 Å². The fourth-order valence-electron chi connectivity index (χ4n) is 1.95. The molecule has 0 saturated heterocycles. The van der Waals surface area contributed by atoms with Crippen LogP contribution in [0.4, 0.5) is 0 Å². The number of thiophene rings is 1. The van der Waals surface area contributed by atoms with Crippen LogP contribution >= 0.6 is 34.5 Å². The van der Waals surface area contributed by atoms with Gasteiger partial charge >= 0.3 is 0 Å². The van der Waals surface area contributed by atoms with E-state index in [1.807, 2.05) is 6.92 Å². The molecule has 0 saturated carbocycles. The molecule has 2 aromatic rings. The second-order valence-corrected chi connectivity index (χ2v) is 6.92. The molecule has 0 aliphatic heterocycles. The molecular weight excluding hydrogens is 283 g/mol. The van der Waals surface area contributed by atoms with Gasteiger partial charge in [0.05, 0.1) is 9.71 Å². The Morgan fingerprint density at radius 2 is 1.83 bits per heavy atom. The summed E-state index contributed by atoms with van der Waals surface area (Å²) in [5.74, 6) is 0. The molecule has 1 atom stereocenters. The van der Waals surface area contributed by atoms with Gasteiger partial charge in [-0.2, -0.15) is 0 Å². The Balaban J connectivity index is 2.20. The number of halogens is 2. The molecule has 2 rings (SSSR count). The van der Waals surface area contributed by atoms with Crippen molar-refractivity contribution in [2.75, 3.05) is 0 Å². The molecule has 0 aliphatic carbocycles. The van der Waals surface area contributed by atoms with E-state index in [-0.39, 0.29) is 5.38 Å². The fraction of sp³-hybridized carbons (Fsp3) is 0.333. The summed E-state index contributed by atoms with van der Waals surface area (Å²) in [7, 11) is 0. The van der Waals surface area contributed by atoms with Gasteiger partial charge in [-0.1, -0.05) is 35.4 Å². The maximum Gasteiger partial charge on any atom is 0.0960 e. The highest BCUT2D eigenvalue weighted by Gasteiger charge is 2.14. The Morgan fingerprint density at radius 3 is 2.44 bits per heavy atom. The second kappa shape index (κ2) is 5.64. The van der Waals surface area contributed by atoms with Crippen LogP contribution in [0.1, 0.15) is 32.5 Å². The summed E-state index contributed by atoms with van der Waals surface area (Å²) in [4.78, 5) is 1.15. The molecule has 0 N–H and O–H groups in total. The van der Waals surface area contributed by atoms with Crippen molar-refractivity contribution < 1.29 is 0 Å². The first-order valence-electron chi connectivity index (χ1n) is 5.93. The molecular formula is C15H16Cl2S. The topological polar surface area (TPSA) is 0 Å². The third-order valence-corrected chi connectivity index (χ3v) is 5.28. The molecule has 18 heavy (non-hydrogen) atoms. The third-order valence-electron chi connectivity index (χ3n) is 3.09. The molecule has 0 bridgehead atoms. The minimum atomic E-state index is 0.00157. The lowest BCUT2D eigenvalue weighted by molar-refractivity contribution is 0.927. The molecule has 1 unspecified atom stereocenters. The number of hydrogen-bond acceptors (Lipinski definition) is 1. The predicted octanol–water partition coefficient (Wildman–Crippen LogP) is 5.85. The number of alkyl halides is 1. The van der Waals surface area contributed by atoms with Crippen LogP contribution in [0.25, 0.3) is 0 Å². The van der Waals surface area contributed by atoms with Crippen molar-refractivity contribution in [3.63, 3.8) is 0 Å². The SMILES string of the molecule is Cc1ccc(C)c(CC(Cl)c2cc(C)c(Cl)s2)c1. The Morgan fingerprint density at radius 1 is 1.11 bits per heavy atom. The highest BCUT2D eigenvalue weighted by molar-refractivity contribution is 7.16. The molecule has 0 spiro atoms. The molecule has 0 nitrogen and oxygen atoms in total. The molecule has 1 aromatic carbocycles. The van der Waals surface area contributed by atoms with Crippen LogP contribution in [0.5, 0.6) is 0 Å². The molecule has 0 radical (unpaired) electrons. The zero-order valence-electron chi connectivity index (χ0n) is 10.8. The van der Waals surface area contributed by atoms with Crippen molar-refractivity contribution in [3.8, 4) is 0 Å². The molecule has 1 aromatic heterocycles. The smallest absolute Gasteiger partial charge is 0.0960 e. The zero-order valence-corrected chi connectivity index (χ0v) is 13.1. The standard InChI is InChI=1S/C15H16Cl2S/c1-9-4-5-10(2)12(6-9)8-13(16)14-7-11(3)15(17)18-14/h4-7,13H,8H2,1-3H3. The van der Waals surface area contributed by atoms with Crippen LogP contribution in [0.3, 0.4) is 0 Å². The molecule has 0 amide bonds. The van der Waals surface area contributed by atoms with Crippen LogP contribution in [0.2, 0.25) is 4.34 Å². The summed E-state index contributed by atoms with van der Waals surface area (Å²) in [6, 6.07) is 8.59. The van der Waals surface area contributed by atoms with Gasteiger partial charge in [-0.15, -0.1) is 22.9 Å². The van der Waals surface area contributed by atoms with Crippen molar-refractivity contribution in [2.45, 2.75) is 32.6 Å². The van der Waals surface area contributed by atoms with Crippen LogP contribution in [-0.2, 0) is 6.42 Å². The number of benzene rings is 1. The maximum absolute atomic E-state index is 6.50. The average Bonchev–Trinajstić information content (AvgIpc) is 2.64. The lowest BCUT2D eigenvalue weighted by atomic mass is 10.0. The Bertz CT molecular complexity index is 538. The Labute approximate surface area is 123 Å². The van der Waals surface area contributed by atoms with Gasteiger partial charge in [-0.25, -0.2) is 0 Å². The van der Waals surface area contributed by atoms with E-state index in [1.165, 1.54) is 16.7 Å². The van der Waals surface area contributed by atoms with Crippen molar-refractivity contribution >= 4 is 34.5 Å². The lowest BCUT2D eigenvalue weighted by Gasteiger charge is -2.11. The van der Waals surface area contributed by atoms with Crippen molar-refractivity contribution in [1.82, 2.24) is 0 Å². The largest absolute Gasteiger partial charge is 0.127 e. The Kier molecular flexibility index (Phi) is 4.37.